The lowest BCUT2D eigenvalue weighted by molar-refractivity contribution is 0.102. The maximum atomic E-state index is 13.6. The van der Waals surface area contributed by atoms with Gasteiger partial charge in [-0.25, -0.2) is 9.37 Å². The first-order chi connectivity index (χ1) is 14.5. The van der Waals surface area contributed by atoms with E-state index in [4.69, 9.17) is 9.57 Å². The maximum absolute atomic E-state index is 13.6. The molecule has 8 heteroatoms. The third-order valence-corrected chi connectivity index (χ3v) is 4.33. The van der Waals surface area contributed by atoms with Crippen molar-refractivity contribution in [2.75, 3.05) is 19.0 Å². The number of carbonyl (C=O) groups is 1. The number of pyridine rings is 2. The van der Waals surface area contributed by atoms with Crippen molar-refractivity contribution in [1.82, 2.24) is 9.97 Å². The summed E-state index contributed by atoms with van der Waals surface area (Å²) in [6.45, 7) is 3.78. The molecule has 0 saturated carbocycles. The van der Waals surface area contributed by atoms with E-state index < -0.39 is 11.7 Å². The molecule has 0 radical (unpaired) electrons. The highest BCUT2D eigenvalue weighted by Crippen LogP contribution is 2.18. The van der Waals surface area contributed by atoms with Crippen molar-refractivity contribution in [3.8, 4) is 5.75 Å². The van der Waals surface area contributed by atoms with Gasteiger partial charge >= 0.3 is 0 Å². The summed E-state index contributed by atoms with van der Waals surface area (Å²) >= 11 is 0. The Morgan fingerprint density at radius 2 is 1.83 bits per heavy atom. The van der Waals surface area contributed by atoms with Crippen LogP contribution in [0.4, 0.5) is 10.2 Å². The molecule has 0 aliphatic carbocycles. The number of oxime groups is 1. The number of nitrogens with zero attached hydrogens (tertiary/aromatic N) is 3. The molecule has 0 spiro atoms. The monoisotopic (exact) mass is 408 g/mol. The average molecular weight is 408 g/mol. The van der Waals surface area contributed by atoms with Gasteiger partial charge in [0.25, 0.3) is 5.91 Å². The van der Waals surface area contributed by atoms with Crippen LogP contribution in [0.2, 0.25) is 0 Å². The van der Waals surface area contributed by atoms with Crippen LogP contribution in [0.3, 0.4) is 0 Å². The number of aromatic nitrogens is 2. The van der Waals surface area contributed by atoms with Crippen LogP contribution in [0.25, 0.3) is 0 Å². The van der Waals surface area contributed by atoms with Crippen molar-refractivity contribution in [3.05, 3.63) is 83.1 Å². The van der Waals surface area contributed by atoms with Gasteiger partial charge in [-0.1, -0.05) is 5.16 Å². The molecule has 2 aromatic heterocycles. The Balaban J connectivity index is 1.82. The first-order valence-electron chi connectivity index (χ1n) is 9.25. The van der Waals surface area contributed by atoms with Crippen molar-refractivity contribution in [3.63, 3.8) is 0 Å². The molecular formula is C22H21FN4O3. The highest BCUT2D eigenvalue weighted by molar-refractivity contribution is 6.12. The number of amides is 1. The lowest BCUT2D eigenvalue weighted by Gasteiger charge is -2.10. The van der Waals surface area contributed by atoms with Gasteiger partial charge in [0.1, 0.15) is 29.7 Å². The van der Waals surface area contributed by atoms with E-state index in [1.165, 1.54) is 13.1 Å². The summed E-state index contributed by atoms with van der Waals surface area (Å²) in [5.41, 5.74) is 2.50. The first-order valence-corrected chi connectivity index (χ1v) is 9.25. The molecular weight excluding hydrogens is 387 g/mol. The minimum Gasteiger partial charge on any atom is -0.497 e. The fourth-order valence-corrected chi connectivity index (χ4v) is 2.67. The van der Waals surface area contributed by atoms with Crippen LogP contribution in [-0.2, 0) is 4.84 Å². The second-order valence-corrected chi connectivity index (χ2v) is 6.27. The summed E-state index contributed by atoms with van der Waals surface area (Å²) in [5, 5.41) is 6.84. The number of benzene rings is 1. The lowest BCUT2D eigenvalue weighted by atomic mass is 10.0. The van der Waals surface area contributed by atoms with Gasteiger partial charge in [-0.05, 0) is 50.2 Å². The predicted molar refractivity (Wildman–Crippen MR) is 111 cm³/mol. The highest BCUT2D eigenvalue weighted by Gasteiger charge is 2.14. The Morgan fingerprint density at radius 3 is 2.47 bits per heavy atom. The minimum absolute atomic E-state index is 0.151. The van der Waals surface area contributed by atoms with Gasteiger partial charge in [0.05, 0.1) is 18.9 Å². The third-order valence-electron chi connectivity index (χ3n) is 4.33. The van der Waals surface area contributed by atoms with Gasteiger partial charge < -0.3 is 14.9 Å². The molecule has 1 N–H and O–H groups in total. The smallest absolute Gasteiger partial charge is 0.258 e. The number of methoxy groups -OCH3 is 1. The van der Waals surface area contributed by atoms with Crippen LogP contribution in [0.1, 0.15) is 34.0 Å². The normalized spacial score (nSPS) is 11.1. The van der Waals surface area contributed by atoms with Crippen LogP contribution in [-0.4, -0.2) is 35.3 Å². The molecule has 0 bridgehead atoms. The van der Waals surface area contributed by atoms with E-state index in [0.717, 1.165) is 17.5 Å². The Labute approximate surface area is 173 Å². The molecule has 0 aliphatic heterocycles. The van der Waals surface area contributed by atoms with E-state index in [0.29, 0.717) is 23.7 Å². The number of nitrogens with one attached hydrogen (secondary N) is 1. The Bertz CT molecular complexity index is 1050. The molecule has 7 nitrogen and oxygen atoms in total. The van der Waals surface area contributed by atoms with E-state index >= 15 is 0 Å². The number of hydrogen-bond acceptors (Lipinski definition) is 6. The quantitative estimate of drug-likeness (QED) is 0.472. The molecule has 0 saturated heterocycles. The van der Waals surface area contributed by atoms with Crippen LogP contribution >= 0.6 is 0 Å². The van der Waals surface area contributed by atoms with Crippen LogP contribution < -0.4 is 10.1 Å². The Kier molecular flexibility index (Phi) is 6.69. The minimum atomic E-state index is -0.540. The van der Waals surface area contributed by atoms with Crippen molar-refractivity contribution < 1.29 is 18.8 Å². The molecule has 3 rings (SSSR count). The molecule has 30 heavy (non-hydrogen) atoms. The fraction of sp³-hybridized carbons (Fsp3) is 0.182. The molecule has 1 amide bonds. The summed E-state index contributed by atoms with van der Waals surface area (Å²) in [6.07, 6.45) is 3.96. The summed E-state index contributed by atoms with van der Waals surface area (Å²) < 4.78 is 18.8. The fourth-order valence-electron chi connectivity index (χ4n) is 2.67. The number of rotatable bonds is 7. The van der Waals surface area contributed by atoms with Crippen molar-refractivity contribution in [1.29, 1.82) is 0 Å². The van der Waals surface area contributed by atoms with Gasteiger partial charge in [-0.2, -0.15) is 0 Å². The van der Waals surface area contributed by atoms with Crippen molar-refractivity contribution >= 4 is 17.4 Å². The zero-order chi connectivity index (χ0) is 21.5. The largest absolute Gasteiger partial charge is 0.497 e. The number of hydrogen-bond donors (Lipinski definition) is 1. The number of anilines is 1. The standard InChI is InChI=1S/C22H21FN4O3/c1-4-30-27-21(15-5-8-17(29-3)9-6-15)16-7-10-20(25-11-16)26-22(28)18-12-24-13-19(23)14(18)2/h5-13H,4H2,1-3H3,(H,25,26,28). The van der Waals surface area contributed by atoms with Gasteiger partial charge in [-0.15, -0.1) is 0 Å². The second kappa shape index (κ2) is 9.60. The SMILES string of the molecule is CCON=C(c1ccc(OC)cc1)c1ccc(NC(=O)c2cncc(F)c2C)nc1. The van der Waals surface area contributed by atoms with Crippen molar-refractivity contribution in [2.24, 2.45) is 5.16 Å². The summed E-state index contributed by atoms with van der Waals surface area (Å²) in [5.74, 6) is 0.0195. The van der Waals surface area contributed by atoms with E-state index in [9.17, 15) is 9.18 Å². The molecule has 0 fully saturated rings. The van der Waals surface area contributed by atoms with Gasteiger partial charge in [0, 0.05) is 29.1 Å². The number of ether oxygens (including phenoxy) is 1. The van der Waals surface area contributed by atoms with E-state index in [1.807, 2.05) is 31.2 Å². The summed E-state index contributed by atoms with van der Waals surface area (Å²) in [4.78, 5) is 25.7. The van der Waals surface area contributed by atoms with Crippen LogP contribution in [0, 0.1) is 12.7 Å². The molecule has 0 unspecified atom stereocenters. The molecule has 154 valence electrons. The van der Waals surface area contributed by atoms with Crippen LogP contribution in [0.5, 0.6) is 5.75 Å². The zero-order valence-corrected chi connectivity index (χ0v) is 16.8. The molecule has 3 aromatic rings. The lowest BCUT2D eigenvalue weighted by Crippen LogP contribution is -2.15. The van der Waals surface area contributed by atoms with Gasteiger partial charge in [0.15, 0.2) is 0 Å². The molecule has 2 heterocycles. The first kappa shape index (κ1) is 20.9. The maximum Gasteiger partial charge on any atom is 0.258 e. The van der Waals surface area contributed by atoms with Gasteiger partial charge in [0.2, 0.25) is 0 Å². The summed E-state index contributed by atoms with van der Waals surface area (Å²) in [7, 11) is 1.60. The van der Waals surface area contributed by atoms with Crippen molar-refractivity contribution in [2.45, 2.75) is 13.8 Å². The summed E-state index contributed by atoms with van der Waals surface area (Å²) in [6, 6.07) is 10.8. The Hall–Kier alpha value is -3.81. The molecule has 0 aliphatic rings. The third kappa shape index (κ3) is 4.78. The number of carbonyl (C=O) groups excluding carboxylic acids is 1. The average Bonchev–Trinajstić information content (AvgIpc) is 2.77. The van der Waals surface area contributed by atoms with E-state index in [1.54, 1.807) is 25.4 Å². The molecule has 1 aromatic carbocycles. The number of halogens is 1. The topological polar surface area (TPSA) is 85.7 Å². The predicted octanol–water partition coefficient (Wildman–Crippen LogP) is 3.97. The van der Waals surface area contributed by atoms with E-state index in [2.05, 4.69) is 20.4 Å². The Morgan fingerprint density at radius 1 is 1.10 bits per heavy atom. The van der Waals surface area contributed by atoms with Crippen LogP contribution in [0.15, 0.2) is 60.1 Å². The molecule has 0 atom stereocenters. The highest BCUT2D eigenvalue weighted by atomic mass is 19.1. The van der Waals surface area contributed by atoms with E-state index in [-0.39, 0.29) is 11.1 Å². The second-order valence-electron chi connectivity index (χ2n) is 6.27. The van der Waals surface area contributed by atoms with Gasteiger partial charge in [-0.3, -0.25) is 9.78 Å². The zero-order valence-electron chi connectivity index (χ0n) is 16.8.